The van der Waals surface area contributed by atoms with Crippen LogP contribution in [0.1, 0.15) is 11.1 Å². The van der Waals surface area contributed by atoms with Crippen LogP contribution < -0.4 is 5.73 Å². The van der Waals surface area contributed by atoms with Gasteiger partial charge in [0.1, 0.15) is 0 Å². The molecule has 0 aliphatic rings. The van der Waals surface area contributed by atoms with Crippen LogP contribution >= 0.6 is 0 Å². The zero-order chi connectivity index (χ0) is 29.6. The Kier molecular flexibility index (Phi) is 6.20. The van der Waals surface area contributed by atoms with Crippen molar-refractivity contribution in [2.24, 2.45) is 7.05 Å². The lowest BCUT2D eigenvalue weighted by molar-refractivity contribution is 0.585. The normalized spacial score (nSPS) is 11.5. The van der Waals surface area contributed by atoms with E-state index in [1.54, 1.807) is 6.26 Å². The molecule has 3 aromatic heterocycles. The van der Waals surface area contributed by atoms with Crippen LogP contribution in [0.2, 0.25) is 0 Å². The first kappa shape index (κ1) is 25.9. The number of rotatable bonds is 3. The fourth-order valence-corrected chi connectivity index (χ4v) is 6.71. The van der Waals surface area contributed by atoms with Crippen LogP contribution in [0, 0.1) is 0 Å². The Morgan fingerprint density at radius 2 is 1.23 bits per heavy atom. The first-order valence-corrected chi connectivity index (χ1v) is 14.9. The summed E-state index contributed by atoms with van der Waals surface area (Å²) in [6.45, 7) is 0. The smallest absolute Gasteiger partial charge is 0.193 e. The summed E-state index contributed by atoms with van der Waals surface area (Å²) >= 11 is 0. The molecule has 0 saturated heterocycles. The van der Waals surface area contributed by atoms with Gasteiger partial charge in [-0.2, -0.15) is 0 Å². The number of para-hydroxylation sites is 4. The van der Waals surface area contributed by atoms with Crippen LogP contribution in [0.3, 0.4) is 0 Å². The van der Waals surface area contributed by atoms with Gasteiger partial charge in [-0.3, -0.25) is 0 Å². The summed E-state index contributed by atoms with van der Waals surface area (Å²) in [4.78, 5) is 0. The minimum Gasteiger partial charge on any atom is -0.449 e. The molecule has 0 amide bonds. The molecule has 0 spiro atoms. The highest BCUT2D eigenvalue weighted by Crippen LogP contribution is 2.36. The molecule has 0 bridgehead atoms. The molecule has 4 heteroatoms. The number of furan rings is 1. The predicted octanol–water partition coefficient (Wildman–Crippen LogP) is 10.0. The Bertz CT molecular complexity index is 2440. The number of nitrogen functional groups attached to an aromatic ring is 1. The van der Waals surface area contributed by atoms with E-state index in [0.29, 0.717) is 5.88 Å². The minimum atomic E-state index is 0.490. The van der Waals surface area contributed by atoms with Gasteiger partial charge in [-0.1, -0.05) is 103 Å². The summed E-state index contributed by atoms with van der Waals surface area (Å²) in [7, 11) is 2.14. The zero-order valence-electron chi connectivity index (χ0n) is 24.4. The third kappa shape index (κ3) is 4.15. The van der Waals surface area contributed by atoms with Crippen molar-refractivity contribution in [2.75, 3.05) is 5.73 Å². The summed E-state index contributed by atoms with van der Waals surface area (Å²) in [6.07, 6.45) is 2.39. The number of fused-ring (bicyclic) bond motifs is 8. The lowest BCUT2D eigenvalue weighted by Gasteiger charge is -2.11. The van der Waals surface area contributed by atoms with E-state index in [1.165, 1.54) is 59.9 Å². The number of nitrogens with zero attached hydrogens (tertiary/aromatic N) is 2. The van der Waals surface area contributed by atoms with Crippen molar-refractivity contribution >= 4 is 60.3 Å². The fourth-order valence-electron chi connectivity index (χ4n) is 6.71. The lowest BCUT2D eigenvalue weighted by atomic mass is 10.0. The number of benzene rings is 6. The average Bonchev–Trinajstić information content (AvgIpc) is 3.74. The van der Waals surface area contributed by atoms with Gasteiger partial charge < -0.3 is 19.3 Å². The summed E-state index contributed by atoms with van der Waals surface area (Å²) < 4.78 is 9.91. The predicted molar refractivity (Wildman–Crippen MR) is 185 cm³/mol. The number of anilines is 1. The van der Waals surface area contributed by atoms with Gasteiger partial charge in [-0.25, -0.2) is 0 Å². The summed E-state index contributed by atoms with van der Waals surface area (Å²) in [5.74, 6) is 0.490. The Morgan fingerprint density at radius 1 is 0.545 bits per heavy atom. The lowest BCUT2D eigenvalue weighted by Crippen LogP contribution is -1.98. The number of hydrogen-bond donors (Lipinski definition) is 1. The van der Waals surface area contributed by atoms with E-state index in [1.807, 2.05) is 12.1 Å². The molecule has 212 valence electrons. The molecule has 0 aliphatic heterocycles. The summed E-state index contributed by atoms with van der Waals surface area (Å²) in [5, 5.41) is 7.86. The molecule has 0 saturated carbocycles. The van der Waals surface area contributed by atoms with Gasteiger partial charge in [0.2, 0.25) is 0 Å². The van der Waals surface area contributed by atoms with E-state index >= 15 is 0 Å². The molecule has 9 aromatic rings. The summed E-state index contributed by atoms with van der Waals surface area (Å²) in [6, 6.07) is 49.1. The van der Waals surface area contributed by atoms with Gasteiger partial charge in [0, 0.05) is 57.3 Å². The van der Waals surface area contributed by atoms with E-state index < -0.39 is 0 Å². The highest BCUT2D eigenvalue weighted by atomic mass is 16.3. The molecule has 2 N–H and O–H groups in total. The second-order valence-corrected chi connectivity index (χ2v) is 11.2. The SMILES string of the molecule is Cn1c2ccccc2c2c3ccccc3ccc21.Nc1occc1Cc1cccc2c3ccccc3n(-c3ccccc3)c12. The highest BCUT2D eigenvalue weighted by Gasteiger charge is 2.16. The maximum absolute atomic E-state index is 5.98. The van der Waals surface area contributed by atoms with Crippen LogP contribution in [0.4, 0.5) is 5.88 Å². The van der Waals surface area contributed by atoms with E-state index in [2.05, 4.69) is 144 Å². The zero-order valence-corrected chi connectivity index (χ0v) is 24.4. The second kappa shape index (κ2) is 10.5. The van der Waals surface area contributed by atoms with Crippen molar-refractivity contribution in [3.63, 3.8) is 0 Å². The average molecular weight is 570 g/mol. The number of hydrogen-bond acceptors (Lipinski definition) is 2. The molecule has 0 atom stereocenters. The van der Waals surface area contributed by atoms with Crippen LogP contribution in [-0.2, 0) is 13.5 Å². The maximum atomic E-state index is 5.98. The fraction of sp³-hybridized carbons (Fsp3) is 0.0500. The Balaban J connectivity index is 0.000000140. The first-order valence-electron chi connectivity index (χ1n) is 14.9. The van der Waals surface area contributed by atoms with Crippen molar-refractivity contribution in [1.82, 2.24) is 9.13 Å². The van der Waals surface area contributed by atoms with Crippen LogP contribution in [0.15, 0.2) is 150 Å². The van der Waals surface area contributed by atoms with E-state index in [0.717, 1.165) is 17.7 Å². The maximum Gasteiger partial charge on any atom is 0.193 e. The molecular weight excluding hydrogens is 538 g/mol. The monoisotopic (exact) mass is 569 g/mol. The molecule has 4 nitrogen and oxygen atoms in total. The third-order valence-electron chi connectivity index (χ3n) is 8.76. The van der Waals surface area contributed by atoms with Gasteiger partial charge in [0.05, 0.1) is 17.3 Å². The molecule has 0 fully saturated rings. The number of aromatic nitrogens is 2. The van der Waals surface area contributed by atoms with Gasteiger partial charge >= 0.3 is 0 Å². The topological polar surface area (TPSA) is 49.0 Å². The molecule has 9 rings (SSSR count). The Labute approximate surface area is 255 Å². The highest BCUT2D eigenvalue weighted by molar-refractivity contribution is 6.20. The number of aryl methyl sites for hydroxylation is 1. The van der Waals surface area contributed by atoms with Crippen LogP contribution in [-0.4, -0.2) is 9.13 Å². The van der Waals surface area contributed by atoms with Crippen molar-refractivity contribution < 1.29 is 4.42 Å². The van der Waals surface area contributed by atoms with Gasteiger partial charge in [0.15, 0.2) is 5.88 Å². The quantitative estimate of drug-likeness (QED) is 0.230. The molecule has 0 aliphatic carbocycles. The molecule has 3 heterocycles. The molecule has 0 radical (unpaired) electrons. The van der Waals surface area contributed by atoms with Crippen molar-refractivity contribution in [2.45, 2.75) is 6.42 Å². The molecule has 6 aromatic carbocycles. The van der Waals surface area contributed by atoms with Crippen LogP contribution in [0.25, 0.3) is 60.1 Å². The summed E-state index contributed by atoms with van der Waals surface area (Å²) in [5.41, 5.74) is 14.4. The standard InChI is InChI=1S/C23H18N2O.C17H13N/c24-23-17(13-14-26-23)15-16-7-6-11-20-19-10-4-5-12-21(19)25(22(16)20)18-8-2-1-3-9-18;1-18-15-9-5-4-8-14(15)17-13-7-3-2-6-12(13)10-11-16(17)18/h1-14H,15,24H2;2-11H,1H3. The second-order valence-electron chi connectivity index (χ2n) is 11.2. The first-order chi connectivity index (χ1) is 21.7. The van der Waals surface area contributed by atoms with E-state index in [-0.39, 0.29) is 0 Å². The van der Waals surface area contributed by atoms with Gasteiger partial charge in [-0.05, 0) is 52.7 Å². The van der Waals surface area contributed by atoms with E-state index in [4.69, 9.17) is 10.2 Å². The third-order valence-corrected chi connectivity index (χ3v) is 8.76. The van der Waals surface area contributed by atoms with Crippen molar-refractivity contribution in [1.29, 1.82) is 0 Å². The van der Waals surface area contributed by atoms with E-state index in [9.17, 15) is 0 Å². The molecule has 44 heavy (non-hydrogen) atoms. The molecule has 0 unspecified atom stereocenters. The van der Waals surface area contributed by atoms with Gasteiger partial charge in [-0.15, -0.1) is 0 Å². The Morgan fingerprint density at radius 3 is 2.02 bits per heavy atom. The van der Waals surface area contributed by atoms with Crippen molar-refractivity contribution in [3.05, 3.63) is 157 Å². The van der Waals surface area contributed by atoms with Crippen molar-refractivity contribution in [3.8, 4) is 5.69 Å². The minimum absolute atomic E-state index is 0.490. The molecular formula is C40H31N3O. The van der Waals surface area contributed by atoms with Crippen LogP contribution in [0.5, 0.6) is 0 Å². The Hall–Kier alpha value is -5.74. The number of nitrogens with two attached hydrogens (primary N) is 1. The van der Waals surface area contributed by atoms with Gasteiger partial charge in [0.25, 0.3) is 0 Å². The largest absolute Gasteiger partial charge is 0.449 e.